The minimum absolute atomic E-state index is 0.0879. The molecule has 4 heteroatoms. The van der Waals surface area contributed by atoms with Gasteiger partial charge in [-0.05, 0) is 55.2 Å². The molecule has 2 unspecified atom stereocenters. The van der Waals surface area contributed by atoms with E-state index < -0.39 is 17.7 Å². The van der Waals surface area contributed by atoms with Gasteiger partial charge in [0, 0.05) is 11.1 Å². The zero-order valence-electron chi connectivity index (χ0n) is 17.4. The van der Waals surface area contributed by atoms with Gasteiger partial charge < -0.3 is 4.74 Å². The normalized spacial score (nSPS) is 19.5. The second kappa shape index (κ2) is 10.3. The van der Waals surface area contributed by atoms with Gasteiger partial charge in [-0.15, -0.1) is 0 Å². The van der Waals surface area contributed by atoms with Gasteiger partial charge in [-0.1, -0.05) is 57.4 Å². The van der Waals surface area contributed by atoms with Crippen LogP contribution in [0.2, 0.25) is 0 Å². The van der Waals surface area contributed by atoms with Crippen molar-refractivity contribution in [3.05, 3.63) is 58.9 Å². The molecule has 0 aliphatic carbocycles. The maximum Gasteiger partial charge on any atom is 0.167 e. The highest BCUT2D eigenvalue weighted by Gasteiger charge is 2.27. The second-order valence-electron chi connectivity index (χ2n) is 8.15. The van der Waals surface area contributed by atoms with Gasteiger partial charge in [0.05, 0.1) is 12.7 Å². The highest BCUT2D eigenvalue weighted by atomic mass is 19.2. The van der Waals surface area contributed by atoms with Gasteiger partial charge in [-0.3, -0.25) is 0 Å². The molecular formula is C25H31F3O. The van der Waals surface area contributed by atoms with Gasteiger partial charge in [0.15, 0.2) is 11.6 Å². The average Bonchev–Trinajstić information content (AvgIpc) is 2.72. The molecule has 0 spiro atoms. The van der Waals surface area contributed by atoms with Crippen LogP contribution in [0.3, 0.4) is 0 Å². The Bertz CT molecular complexity index is 810. The first kappa shape index (κ1) is 21.9. The molecule has 1 nitrogen and oxygen atoms in total. The van der Waals surface area contributed by atoms with Crippen molar-refractivity contribution >= 4 is 0 Å². The number of ether oxygens (including phenoxy) is 1. The highest BCUT2D eigenvalue weighted by molar-refractivity contribution is 5.65. The molecule has 2 aromatic rings. The molecule has 1 aliphatic rings. The summed E-state index contributed by atoms with van der Waals surface area (Å²) >= 11 is 0. The molecule has 2 aromatic carbocycles. The van der Waals surface area contributed by atoms with Crippen LogP contribution in [0.5, 0.6) is 0 Å². The summed E-state index contributed by atoms with van der Waals surface area (Å²) in [5.41, 5.74) is 1.33. The second-order valence-corrected chi connectivity index (χ2v) is 8.15. The van der Waals surface area contributed by atoms with Crippen LogP contribution in [0.1, 0.15) is 76.0 Å². The van der Waals surface area contributed by atoms with Gasteiger partial charge in [-0.2, -0.15) is 0 Å². The van der Waals surface area contributed by atoms with Crippen molar-refractivity contribution in [1.29, 1.82) is 0 Å². The van der Waals surface area contributed by atoms with E-state index in [4.69, 9.17) is 4.74 Å². The third-order valence-corrected chi connectivity index (χ3v) is 5.94. The molecule has 3 rings (SSSR count). The van der Waals surface area contributed by atoms with Crippen molar-refractivity contribution in [3.8, 4) is 11.1 Å². The summed E-state index contributed by atoms with van der Waals surface area (Å²) < 4.78 is 49.9. The van der Waals surface area contributed by atoms with Gasteiger partial charge in [0.1, 0.15) is 5.82 Å². The predicted molar refractivity (Wildman–Crippen MR) is 111 cm³/mol. The van der Waals surface area contributed by atoms with E-state index in [9.17, 15) is 13.2 Å². The van der Waals surface area contributed by atoms with Crippen LogP contribution in [-0.4, -0.2) is 6.61 Å². The number of hydrogen-bond acceptors (Lipinski definition) is 1. The van der Waals surface area contributed by atoms with Crippen LogP contribution in [-0.2, 0) is 11.2 Å². The number of aryl methyl sites for hydroxylation is 1. The summed E-state index contributed by atoms with van der Waals surface area (Å²) in [7, 11) is 0. The molecule has 2 atom stereocenters. The molecule has 1 fully saturated rings. The van der Waals surface area contributed by atoms with E-state index in [1.807, 2.05) is 0 Å². The summed E-state index contributed by atoms with van der Waals surface area (Å²) in [4.78, 5) is 0. The lowest BCUT2D eigenvalue weighted by molar-refractivity contribution is -0.0214. The van der Waals surface area contributed by atoms with Crippen LogP contribution in [0, 0.1) is 23.4 Å². The Kier molecular flexibility index (Phi) is 7.77. The Hall–Kier alpha value is -1.81. The van der Waals surface area contributed by atoms with Gasteiger partial charge in [0.2, 0.25) is 0 Å². The molecule has 29 heavy (non-hydrogen) atoms. The summed E-state index contributed by atoms with van der Waals surface area (Å²) in [6.45, 7) is 4.83. The van der Waals surface area contributed by atoms with Crippen molar-refractivity contribution < 1.29 is 17.9 Å². The average molecular weight is 405 g/mol. The topological polar surface area (TPSA) is 9.23 Å². The van der Waals surface area contributed by atoms with Crippen LogP contribution in [0.4, 0.5) is 13.2 Å². The Morgan fingerprint density at radius 2 is 1.76 bits per heavy atom. The summed E-state index contributed by atoms with van der Waals surface area (Å²) in [5, 5.41) is 0. The van der Waals surface area contributed by atoms with E-state index in [0.717, 1.165) is 38.5 Å². The molecule has 158 valence electrons. The van der Waals surface area contributed by atoms with E-state index >= 15 is 0 Å². The molecule has 0 amide bonds. The largest absolute Gasteiger partial charge is 0.373 e. The number of halogens is 3. The van der Waals surface area contributed by atoms with E-state index in [1.165, 1.54) is 6.07 Å². The van der Waals surface area contributed by atoms with Crippen molar-refractivity contribution in [2.45, 2.75) is 71.3 Å². The number of benzene rings is 2. The molecule has 1 aliphatic heterocycles. The van der Waals surface area contributed by atoms with Gasteiger partial charge in [-0.25, -0.2) is 13.2 Å². The molecule has 0 radical (unpaired) electrons. The quantitative estimate of drug-likeness (QED) is 0.408. The van der Waals surface area contributed by atoms with Crippen molar-refractivity contribution in [1.82, 2.24) is 0 Å². The minimum Gasteiger partial charge on any atom is -0.373 e. The lowest BCUT2D eigenvalue weighted by atomic mass is 9.90. The smallest absolute Gasteiger partial charge is 0.167 e. The maximum absolute atomic E-state index is 14.8. The third kappa shape index (κ3) is 5.22. The van der Waals surface area contributed by atoms with E-state index in [2.05, 4.69) is 13.8 Å². The fourth-order valence-electron chi connectivity index (χ4n) is 4.21. The molecular weight excluding hydrogens is 373 g/mol. The van der Waals surface area contributed by atoms with Crippen LogP contribution >= 0.6 is 0 Å². The predicted octanol–water partition coefficient (Wildman–Crippen LogP) is 7.77. The summed E-state index contributed by atoms with van der Waals surface area (Å²) in [5.74, 6) is -1.67. The number of hydrogen-bond donors (Lipinski definition) is 0. The Morgan fingerprint density at radius 3 is 2.41 bits per heavy atom. The van der Waals surface area contributed by atoms with Gasteiger partial charge >= 0.3 is 0 Å². The summed E-state index contributed by atoms with van der Waals surface area (Å²) in [6, 6.07) is 7.80. The molecule has 1 heterocycles. The maximum atomic E-state index is 14.8. The SMILES string of the molecule is CCCCCc1ccc(-c2ccc(C3CCC(CCC)CO3)c(F)c2F)cc1F. The van der Waals surface area contributed by atoms with Gasteiger partial charge in [0.25, 0.3) is 0 Å². The number of rotatable bonds is 8. The van der Waals surface area contributed by atoms with Crippen LogP contribution < -0.4 is 0 Å². The van der Waals surface area contributed by atoms with E-state index in [0.29, 0.717) is 36.5 Å². The minimum atomic E-state index is -0.931. The fourth-order valence-corrected chi connectivity index (χ4v) is 4.21. The molecule has 1 saturated heterocycles. The first-order chi connectivity index (χ1) is 14.0. The van der Waals surface area contributed by atoms with Crippen molar-refractivity contribution in [3.63, 3.8) is 0 Å². The summed E-state index contributed by atoms with van der Waals surface area (Å²) in [6.07, 6.45) is 7.15. The molecule has 0 N–H and O–H groups in total. The lowest BCUT2D eigenvalue weighted by Crippen LogP contribution is -2.21. The monoisotopic (exact) mass is 404 g/mol. The molecule has 0 aromatic heterocycles. The first-order valence-electron chi connectivity index (χ1n) is 10.9. The third-order valence-electron chi connectivity index (χ3n) is 5.94. The first-order valence-corrected chi connectivity index (χ1v) is 10.9. The zero-order chi connectivity index (χ0) is 20.8. The highest BCUT2D eigenvalue weighted by Crippen LogP contribution is 2.36. The van der Waals surface area contributed by atoms with E-state index in [1.54, 1.807) is 24.3 Å². The Morgan fingerprint density at radius 1 is 0.931 bits per heavy atom. The number of unbranched alkanes of at least 4 members (excludes halogenated alkanes) is 2. The standard InChI is InChI=1S/C25H31F3O/c1-3-5-6-8-18-10-11-19(15-22(18)26)20-12-13-21(25(28)24(20)27)23-14-9-17(7-4-2)16-29-23/h10-13,15,17,23H,3-9,14,16H2,1-2H3. The fraction of sp³-hybridized carbons (Fsp3) is 0.520. The lowest BCUT2D eigenvalue weighted by Gasteiger charge is -2.29. The van der Waals surface area contributed by atoms with Crippen LogP contribution in [0.25, 0.3) is 11.1 Å². The van der Waals surface area contributed by atoms with Crippen molar-refractivity contribution in [2.24, 2.45) is 5.92 Å². The Balaban J connectivity index is 1.77. The van der Waals surface area contributed by atoms with Crippen LogP contribution in [0.15, 0.2) is 30.3 Å². The van der Waals surface area contributed by atoms with Crippen molar-refractivity contribution in [2.75, 3.05) is 6.61 Å². The molecule has 0 bridgehead atoms. The zero-order valence-corrected chi connectivity index (χ0v) is 17.4. The molecule has 0 saturated carbocycles. The Labute approximate surface area is 172 Å². The van der Waals surface area contributed by atoms with E-state index in [-0.39, 0.29) is 16.9 Å².